The molecule has 130 valence electrons. The van der Waals surface area contributed by atoms with Gasteiger partial charge in [-0.1, -0.05) is 18.2 Å². The highest BCUT2D eigenvalue weighted by Crippen LogP contribution is 2.24. The molecule has 2 aromatic carbocycles. The molecule has 0 unspecified atom stereocenters. The van der Waals surface area contributed by atoms with Crippen LogP contribution in [0.5, 0.6) is 0 Å². The highest BCUT2D eigenvalue weighted by Gasteiger charge is 2.15. The Hall–Kier alpha value is -3.14. The van der Waals surface area contributed by atoms with Crippen LogP contribution in [0, 0.1) is 6.92 Å². The summed E-state index contributed by atoms with van der Waals surface area (Å²) in [5, 5.41) is 1.95. The number of aromatic nitrogens is 2. The molecule has 0 amide bonds. The number of rotatable bonds is 1. The number of aryl methyl sites for hydroxylation is 2. The molecule has 0 spiro atoms. The van der Waals surface area contributed by atoms with Gasteiger partial charge in [-0.2, -0.15) is 0 Å². The van der Waals surface area contributed by atoms with Crippen molar-refractivity contribution in [2.45, 2.75) is 13.8 Å². The van der Waals surface area contributed by atoms with Crippen molar-refractivity contribution in [3.8, 4) is 0 Å². The van der Waals surface area contributed by atoms with Crippen LogP contribution < -0.4 is 10.9 Å². The SMILES string of the molecule is C/C=C\c1c(C)c(=O)c2cc3c(cc2n1C)c(=O)c1ccccc1n3C. The first-order valence-corrected chi connectivity index (χ1v) is 8.63. The van der Waals surface area contributed by atoms with Crippen LogP contribution in [0.4, 0.5) is 0 Å². The zero-order chi connectivity index (χ0) is 18.6. The van der Waals surface area contributed by atoms with Crippen LogP contribution in [0.1, 0.15) is 18.2 Å². The second-order valence-electron chi connectivity index (χ2n) is 6.69. The molecule has 2 aromatic heterocycles. The number of allylic oxidation sites excluding steroid dienone is 1. The molecule has 2 heterocycles. The fourth-order valence-electron chi connectivity index (χ4n) is 3.82. The van der Waals surface area contributed by atoms with E-state index >= 15 is 0 Å². The largest absolute Gasteiger partial charge is 0.344 e. The Morgan fingerprint density at radius 1 is 0.808 bits per heavy atom. The number of fused-ring (bicyclic) bond motifs is 3. The van der Waals surface area contributed by atoms with E-state index in [1.165, 1.54) is 0 Å². The van der Waals surface area contributed by atoms with Gasteiger partial charge in [0, 0.05) is 41.5 Å². The standard InChI is InChI=1S/C22H20N2O2/c1-5-8-17-13(2)21(25)15-11-20-16(12-19(15)23(17)3)22(26)14-9-6-7-10-18(14)24(20)4/h5-12H,1-4H3/b8-5-. The van der Waals surface area contributed by atoms with Gasteiger partial charge in [0.1, 0.15) is 0 Å². The number of para-hydroxylation sites is 1. The van der Waals surface area contributed by atoms with E-state index in [1.54, 1.807) is 0 Å². The summed E-state index contributed by atoms with van der Waals surface area (Å²) in [5.74, 6) is 0. The van der Waals surface area contributed by atoms with E-state index in [1.807, 2.05) is 85.6 Å². The monoisotopic (exact) mass is 344 g/mol. The quantitative estimate of drug-likeness (QED) is 0.492. The van der Waals surface area contributed by atoms with Crippen molar-refractivity contribution in [3.63, 3.8) is 0 Å². The van der Waals surface area contributed by atoms with Crippen LogP contribution >= 0.6 is 0 Å². The van der Waals surface area contributed by atoms with Gasteiger partial charge in [0.15, 0.2) is 10.9 Å². The van der Waals surface area contributed by atoms with Gasteiger partial charge in [-0.25, -0.2) is 0 Å². The first-order chi connectivity index (χ1) is 12.5. The van der Waals surface area contributed by atoms with Crippen molar-refractivity contribution < 1.29 is 0 Å². The average Bonchev–Trinajstić information content (AvgIpc) is 2.66. The van der Waals surface area contributed by atoms with Crippen molar-refractivity contribution in [3.05, 3.63) is 74.2 Å². The topological polar surface area (TPSA) is 44.0 Å². The third-order valence-corrected chi connectivity index (χ3v) is 5.25. The molecule has 4 rings (SSSR count). The number of nitrogens with zero attached hydrogens (tertiary/aromatic N) is 2. The van der Waals surface area contributed by atoms with Crippen LogP contribution in [0.2, 0.25) is 0 Å². The molecular weight excluding hydrogens is 324 g/mol. The van der Waals surface area contributed by atoms with Gasteiger partial charge in [0.25, 0.3) is 0 Å². The van der Waals surface area contributed by atoms with Gasteiger partial charge in [0.2, 0.25) is 0 Å². The molecule has 4 aromatic rings. The van der Waals surface area contributed by atoms with Crippen LogP contribution in [-0.4, -0.2) is 9.13 Å². The van der Waals surface area contributed by atoms with E-state index in [4.69, 9.17) is 0 Å². The zero-order valence-corrected chi connectivity index (χ0v) is 15.3. The molecule has 0 fully saturated rings. The lowest BCUT2D eigenvalue weighted by Crippen LogP contribution is -2.16. The summed E-state index contributed by atoms with van der Waals surface area (Å²) in [6.45, 7) is 3.77. The van der Waals surface area contributed by atoms with Crippen molar-refractivity contribution >= 4 is 38.8 Å². The lowest BCUT2D eigenvalue weighted by molar-refractivity contribution is 0.922. The smallest absolute Gasteiger partial charge is 0.197 e. The number of benzene rings is 2. The highest BCUT2D eigenvalue weighted by molar-refractivity contribution is 6.00. The molecule has 0 aliphatic carbocycles. The van der Waals surface area contributed by atoms with E-state index in [2.05, 4.69) is 0 Å². The predicted molar refractivity (Wildman–Crippen MR) is 109 cm³/mol. The third kappa shape index (κ3) is 2.08. The van der Waals surface area contributed by atoms with Gasteiger partial charge in [-0.05, 0) is 44.2 Å². The molecule has 0 aliphatic heterocycles. The van der Waals surface area contributed by atoms with E-state index in [0.717, 1.165) is 22.2 Å². The van der Waals surface area contributed by atoms with E-state index in [-0.39, 0.29) is 10.9 Å². The second kappa shape index (κ2) is 5.70. The lowest BCUT2D eigenvalue weighted by atomic mass is 10.0. The number of hydrogen-bond donors (Lipinski definition) is 0. The Bertz CT molecular complexity index is 1350. The Balaban J connectivity index is 2.31. The predicted octanol–water partition coefficient (Wildman–Crippen LogP) is 3.89. The fourth-order valence-corrected chi connectivity index (χ4v) is 3.82. The summed E-state index contributed by atoms with van der Waals surface area (Å²) in [6.07, 6.45) is 3.85. The average molecular weight is 344 g/mol. The van der Waals surface area contributed by atoms with Gasteiger partial charge < -0.3 is 9.13 Å². The summed E-state index contributed by atoms with van der Waals surface area (Å²) in [4.78, 5) is 26.0. The second-order valence-corrected chi connectivity index (χ2v) is 6.69. The molecular formula is C22H20N2O2. The normalized spacial score (nSPS) is 12.0. The summed E-state index contributed by atoms with van der Waals surface area (Å²) in [6, 6.07) is 11.3. The van der Waals surface area contributed by atoms with Gasteiger partial charge in [-0.15, -0.1) is 0 Å². The maximum Gasteiger partial charge on any atom is 0.197 e. The Morgan fingerprint density at radius 2 is 1.42 bits per heavy atom. The first-order valence-electron chi connectivity index (χ1n) is 8.63. The van der Waals surface area contributed by atoms with E-state index < -0.39 is 0 Å². The maximum atomic E-state index is 13.0. The van der Waals surface area contributed by atoms with Crippen molar-refractivity contribution in [1.29, 1.82) is 0 Å². The van der Waals surface area contributed by atoms with Crippen LogP contribution in [0.3, 0.4) is 0 Å². The fraction of sp³-hybridized carbons (Fsp3) is 0.182. The third-order valence-electron chi connectivity index (χ3n) is 5.25. The number of hydrogen-bond acceptors (Lipinski definition) is 2. The molecule has 0 atom stereocenters. The maximum absolute atomic E-state index is 13.0. The summed E-state index contributed by atoms with van der Waals surface area (Å²) in [5.41, 5.74) is 3.99. The number of pyridine rings is 2. The Morgan fingerprint density at radius 3 is 2.12 bits per heavy atom. The zero-order valence-electron chi connectivity index (χ0n) is 15.3. The molecule has 0 radical (unpaired) electrons. The van der Waals surface area contributed by atoms with Crippen molar-refractivity contribution in [2.24, 2.45) is 14.1 Å². The molecule has 0 N–H and O–H groups in total. The molecule has 0 saturated heterocycles. The van der Waals surface area contributed by atoms with Crippen molar-refractivity contribution in [2.75, 3.05) is 0 Å². The molecule has 4 nitrogen and oxygen atoms in total. The lowest BCUT2D eigenvalue weighted by Gasteiger charge is -2.16. The molecule has 4 heteroatoms. The molecule has 0 aliphatic rings. The minimum atomic E-state index is -0.00351. The summed E-state index contributed by atoms with van der Waals surface area (Å²) < 4.78 is 3.97. The van der Waals surface area contributed by atoms with Crippen LogP contribution in [-0.2, 0) is 14.1 Å². The Kier molecular flexibility index (Phi) is 3.58. The summed E-state index contributed by atoms with van der Waals surface area (Å²) in [7, 11) is 3.86. The van der Waals surface area contributed by atoms with Crippen LogP contribution in [0.25, 0.3) is 38.8 Å². The van der Waals surface area contributed by atoms with Gasteiger partial charge in [-0.3, -0.25) is 9.59 Å². The molecule has 0 bridgehead atoms. The first kappa shape index (κ1) is 16.3. The van der Waals surface area contributed by atoms with Gasteiger partial charge >= 0.3 is 0 Å². The van der Waals surface area contributed by atoms with Crippen LogP contribution in [0.15, 0.2) is 52.1 Å². The van der Waals surface area contributed by atoms with E-state index in [9.17, 15) is 9.59 Å². The molecule has 0 saturated carbocycles. The highest BCUT2D eigenvalue weighted by atomic mass is 16.1. The minimum absolute atomic E-state index is 0.00351. The van der Waals surface area contributed by atoms with Crippen molar-refractivity contribution in [1.82, 2.24) is 9.13 Å². The van der Waals surface area contributed by atoms with E-state index in [0.29, 0.717) is 21.7 Å². The van der Waals surface area contributed by atoms with Gasteiger partial charge in [0.05, 0.1) is 16.6 Å². The minimum Gasteiger partial charge on any atom is -0.344 e. The Labute approximate surface area is 150 Å². The summed E-state index contributed by atoms with van der Waals surface area (Å²) >= 11 is 0. The molecule has 26 heavy (non-hydrogen) atoms.